The molecular formula is C12H20N2O3S. The zero-order valence-electron chi connectivity index (χ0n) is 10.4. The molecule has 1 heterocycles. The first-order valence-corrected chi connectivity index (χ1v) is 7.68. The average molecular weight is 272 g/mol. The van der Waals surface area contributed by atoms with Crippen molar-refractivity contribution in [2.45, 2.75) is 44.2 Å². The Morgan fingerprint density at radius 2 is 1.67 bits per heavy atom. The lowest BCUT2D eigenvalue weighted by Gasteiger charge is -2.23. The quantitative estimate of drug-likeness (QED) is 0.726. The number of carboxylic acid groups (broad SMARTS) is 1. The Morgan fingerprint density at radius 3 is 2.28 bits per heavy atom. The molecule has 2 aliphatic rings. The highest BCUT2D eigenvalue weighted by atomic mass is 32.2. The third-order valence-corrected chi connectivity index (χ3v) is 4.72. The maximum Gasteiger partial charge on any atom is 0.315 e. The summed E-state index contributed by atoms with van der Waals surface area (Å²) in [5.74, 6) is 1.18. The third-order valence-electron chi connectivity index (χ3n) is 3.67. The molecule has 1 aliphatic carbocycles. The van der Waals surface area contributed by atoms with Crippen molar-refractivity contribution in [2.75, 3.05) is 11.5 Å². The van der Waals surface area contributed by atoms with Gasteiger partial charge in [-0.3, -0.25) is 4.79 Å². The zero-order chi connectivity index (χ0) is 13.0. The van der Waals surface area contributed by atoms with Crippen molar-refractivity contribution in [1.29, 1.82) is 0 Å². The normalized spacial score (nSPS) is 28.9. The molecule has 0 aromatic carbocycles. The molecule has 0 spiro atoms. The van der Waals surface area contributed by atoms with E-state index in [0.717, 1.165) is 30.8 Å². The van der Waals surface area contributed by atoms with E-state index in [0.29, 0.717) is 12.8 Å². The molecule has 102 valence electrons. The Kier molecular flexibility index (Phi) is 4.74. The number of thioether (sulfide) groups is 1. The van der Waals surface area contributed by atoms with E-state index < -0.39 is 5.97 Å². The highest BCUT2D eigenvalue weighted by Gasteiger charge is 2.30. The number of carbonyl (C=O) groups excluding carboxylic acids is 1. The van der Waals surface area contributed by atoms with Gasteiger partial charge < -0.3 is 15.7 Å². The summed E-state index contributed by atoms with van der Waals surface area (Å²) >= 11 is 1.93. The minimum atomic E-state index is -0.746. The minimum absolute atomic E-state index is 0.0177. The van der Waals surface area contributed by atoms with Gasteiger partial charge in [0.25, 0.3) is 0 Å². The van der Waals surface area contributed by atoms with Crippen LogP contribution in [0.3, 0.4) is 0 Å². The van der Waals surface area contributed by atoms with E-state index in [2.05, 4.69) is 10.6 Å². The molecule has 0 radical (unpaired) electrons. The van der Waals surface area contributed by atoms with E-state index in [1.165, 1.54) is 0 Å². The smallest absolute Gasteiger partial charge is 0.315 e. The lowest BCUT2D eigenvalue weighted by atomic mass is 10.1. The summed E-state index contributed by atoms with van der Waals surface area (Å²) in [4.78, 5) is 22.6. The van der Waals surface area contributed by atoms with Crippen molar-refractivity contribution in [2.24, 2.45) is 5.92 Å². The van der Waals surface area contributed by atoms with Crippen molar-refractivity contribution in [3.05, 3.63) is 0 Å². The van der Waals surface area contributed by atoms with Crippen LogP contribution in [0.4, 0.5) is 4.79 Å². The van der Waals surface area contributed by atoms with Gasteiger partial charge in [-0.1, -0.05) is 0 Å². The summed E-state index contributed by atoms with van der Waals surface area (Å²) in [5, 5.41) is 14.8. The second-order valence-electron chi connectivity index (χ2n) is 5.05. The summed E-state index contributed by atoms with van der Waals surface area (Å²) in [7, 11) is 0. The van der Waals surface area contributed by atoms with Crippen LogP contribution in [0.5, 0.6) is 0 Å². The number of carbonyl (C=O) groups is 2. The second-order valence-corrected chi connectivity index (χ2v) is 6.27. The summed E-state index contributed by atoms with van der Waals surface area (Å²) in [6.07, 6.45) is 4.05. The lowest BCUT2D eigenvalue weighted by Crippen LogP contribution is -2.46. The Hall–Kier alpha value is -0.910. The molecule has 0 aromatic rings. The Morgan fingerprint density at radius 1 is 1.00 bits per heavy atom. The Balaban J connectivity index is 1.69. The van der Waals surface area contributed by atoms with Crippen LogP contribution < -0.4 is 10.6 Å². The largest absolute Gasteiger partial charge is 0.481 e. The summed E-state index contributed by atoms with van der Waals surface area (Å²) in [5.41, 5.74) is 0. The molecule has 2 amide bonds. The summed E-state index contributed by atoms with van der Waals surface area (Å²) < 4.78 is 0. The number of nitrogens with one attached hydrogen (secondary N) is 2. The molecule has 1 saturated heterocycles. The third kappa shape index (κ3) is 3.80. The van der Waals surface area contributed by atoms with E-state index >= 15 is 0 Å². The molecule has 0 bridgehead atoms. The van der Waals surface area contributed by atoms with Crippen molar-refractivity contribution in [3.8, 4) is 0 Å². The van der Waals surface area contributed by atoms with Crippen LogP contribution in [-0.4, -0.2) is 40.7 Å². The van der Waals surface area contributed by atoms with Gasteiger partial charge in [0.15, 0.2) is 0 Å². The predicted molar refractivity (Wildman–Crippen MR) is 70.8 cm³/mol. The van der Waals surface area contributed by atoms with Crippen LogP contribution in [0, 0.1) is 5.92 Å². The van der Waals surface area contributed by atoms with Crippen molar-refractivity contribution >= 4 is 23.8 Å². The summed E-state index contributed by atoms with van der Waals surface area (Å²) in [6.45, 7) is 0. The van der Waals surface area contributed by atoms with Crippen LogP contribution in [0.15, 0.2) is 0 Å². The Labute approximate surface area is 111 Å². The second kappa shape index (κ2) is 6.31. The highest BCUT2D eigenvalue weighted by molar-refractivity contribution is 7.99. The van der Waals surface area contributed by atoms with E-state index in [1.807, 2.05) is 11.8 Å². The highest BCUT2D eigenvalue weighted by Crippen LogP contribution is 2.25. The number of rotatable bonds is 3. The fourth-order valence-electron chi connectivity index (χ4n) is 2.59. The molecule has 2 unspecified atom stereocenters. The van der Waals surface area contributed by atoms with Crippen molar-refractivity contribution < 1.29 is 14.7 Å². The average Bonchev–Trinajstić information content (AvgIpc) is 2.78. The summed E-state index contributed by atoms with van der Waals surface area (Å²) in [6, 6.07) is 0.162. The van der Waals surface area contributed by atoms with E-state index in [9.17, 15) is 9.59 Å². The zero-order valence-corrected chi connectivity index (χ0v) is 11.2. The van der Waals surface area contributed by atoms with Crippen LogP contribution in [-0.2, 0) is 4.79 Å². The number of urea groups is 1. The molecule has 5 nitrogen and oxygen atoms in total. The molecule has 2 atom stereocenters. The maximum absolute atomic E-state index is 11.8. The topological polar surface area (TPSA) is 78.4 Å². The first-order chi connectivity index (χ1) is 8.65. The van der Waals surface area contributed by atoms with Gasteiger partial charge in [0.1, 0.15) is 0 Å². The van der Waals surface area contributed by atoms with Gasteiger partial charge in [0.2, 0.25) is 0 Å². The number of hydrogen-bond acceptors (Lipinski definition) is 3. The predicted octanol–water partition coefficient (Wildman–Crippen LogP) is 1.43. The molecular weight excluding hydrogens is 252 g/mol. The van der Waals surface area contributed by atoms with Crippen LogP contribution in [0.1, 0.15) is 32.1 Å². The molecule has 18 heavy (non-hydrogen) atoms. The Bertz CT molecular complexity index is 318. The van der Waals surface area contributed by atoms with Gasteiger partial charge in [0, 0.05) is 12.1 Å². The number of hydrogen-bond donors (Lipinski definition) is 3. The van der Waals surface area contributed by atoms with Crippen LogP contribution in [0.25, 0.3) is 0 Å². The molecule has 0 aromatic heterocycles. The molecule has 2 fully saturated rings. The number of carboxylic acids is 1. The van der Waals surface area contributed by atoms with Crippen molar-refractivity contribution in [3.63, 3.8) is 0 Å². The van der Waals surface area contributed by atoms with Gasteiger partial charge in [-0.15, -0.1) is 0 Å². The van der Waals surface area contributed by atoms with Gasteiger partial charge >= 0.3 is 12.0 Å². The first kappa shape index (κ1) is 13.5. The molecule has 1 saturated carbocycles. The molecule has 2 rings (SSSR count). The fraction of sp³-hybridized carbons (Fsp3) is 0.833. The monoisotopic (exact) mass is 272 g/mol. The number of aliphatic carboxylic acids is 1. The van der Waals surface area contributed by atoms with Gasteiger partial charge in [-0.25, -0.2) is 4.79 Å². The van der Waals surface area contributed by atoms with Gasteiger partial charge in [-0.2, -0.15) is 11.8 Å². The van der Waals surface area contributed by atoms with Crippen molar-refractivity contribution in [1.82, 2.24) is 10.6 Å². The van der Waals surface area contributed by atoms with Crippen LogP contribution in [0.2, 0.25) is 0 Å². The molecule has 3 N–H and O–H groups in total. The fourth-order valence-corrected chi connectivity index (χ4v) is 3.70. The first-order valence-electron chi connectivity index (χ1n) is 6.52. The standard InChI is InChI=1S/C12H20N2O3S/c15-11(16)8-1-2-10(7-8)14-12(17)13-9-3-5-18-6-4-9/h8-10H,1-7H2,(H,15,16)(H2,13,14,17). The van der Waals surface area contributed by atoms with Crippen LogP contribution >= 0.6 is 11.8 Å². The van der Waals surface area contributed by atoms with Gasteiger partial charge in [-0.05, 0) is 43.6 Å². The minimum Gasteiger partial charge on any atom is -0.481 e. The maximum atomic E-state index is 11.8. The van der Waals surface area contributed by atoms with E-state index in [-0.39, 0.29) is 24.0 Å². The van der Waals surface area contributed by atoms with E-state index in [4.69, 9.17) is 5.11 Å². The SMILES string of the molecule is O=C(NC1CCSCC1)NC1CCC(C(=O)O)C1. The number of amides is 2. The van der Waals surface area contributed by atoms with Gasteiger partial charge in [0.05, 0.1) is 5.92 Å². The van der Waals surface area contributed by atoms with E-state index in [1.54, 1.807) is 0 Å². The molecule has 6 heteroatoms. The lowest BCUT2D eigenvalue weighted by molar-refractivity contribution is -0.141. The molecule has 1 aliphatic heterocycles.